The highest BCUT2D eigenvalue weighted by Gasteiger charge is 2.25. The SMILES string of the molecule is COC(=O)C(C)NC(=O)c1c(O)c2cc(-c3ccccc3)cnc2n(C)c1=O. The minimum atomic E-state index is -0.980. The second-order valence-electron chi connectivity index (χ2n) is 6.27. The van der Waals surface area contributed by atoms with Gasteiger partial charge in [0, 0.05) is 18.8 Å². The molecule has 0 radical (unpaired) electrons. The van der Waals surface area contributed by atoms with Gasteiger partial charge in [-0.2, -0.15) is 0 Å². The van der Waals surface area contributed by atoms with Crippen molar-refractivity contribution in [2.24, 2.45) is 7.05 Å². The van der Waals surface area contributed by atoms with E-state index in [0.717, 1.165) is 11.1 Å². The monoisotopic (exact) mass is 381 g/mol. The maximum Gasteiger partial charge on any atom is 0.328 e. The lowest BCUT2D eigenvalue weighted by Crippen LogP contribution is -2.41. The van der Waals surface area contributed by atoms with Crippen molar-refractivity contribution in [3.8, 4) is 16.9 Å². The Hall–Kier alpha value is -3.68. The lowest BCUT2D eigenvalue weighted by atomic mass is 10.0. The van der Waals surface area contributed by atoms with Crippen LogP contribution in [0.3, 0.4) is 0 Å². The summed E-state index contributed by atoms with van der Waals surface area (Å²) in [5, 5.41) is 13.3. The zero-order valence-corrected chi connectivity index (χ0v) is 15.6. The van der Waals surface area contributed by atoms with Gasteiger partial charge in [0.2, 0.25) is 0 Å². The maximum atomic E-state index is 12.6. The van der Waals surface area contributed by atoms with Gasteiger partial charge in [-0.1, -0.05) is 30.3 Å². The number of hydrogen-bond donors (Lipinski definition) is 2. The van der Waals surface area contributed by atoms with Crippen LogP contribution >= 0.6 is 0 Å². The summed E-state index contributed by atoms with van der Waals surface area (Å²) in [6.45, 7) is 1.42. The molecule has 3 rings (SSSR count). The van der Waals surface area contributed by atoms with Crippen molar-refractivity contribution in [1.82, 2.24) is 14.9 Å². The number of ether oxygens (including phenoxy) is 1. The first-order chi connectivity index (χ1) is 13.3. The summed E-state index contributed by atoms with van der Waals surface area (Å²) >= 11 is 0. The minimum absolute atomic E-state index is 0.236. The van der Waals surface area contributed by atoms with Crippen molar-refractivity contribution in [2.75, 3.05) is 7.11 Å². The number of benzene rings is 1. The Morgan fingerprint density at radius 3 is 2.54 bits per heavy atom. The fourth-order valence-corrected chi connectivity index (χ4v) is 2.90. The molecule has 8 heteroatoms. The van der Waals surface area contributed by atoms with E-state index >= 15 is 0 Å². The number of fused-ring (bicyclic) bond motifs is 1. The number of esters is 1. The molecular weight excluding hydrogens is 362 g/mol. The third kappa shape index (κ3) is 3.32. The summed E-state index contributed by atoms with van der Waals surface area (Å²) in [4.78, 5) is 41.0. The number of nitrogens with one attached hydrogen (secondary N) is 1. The molecule has 0 aliphatic rings. The smallest absolute Gasteiger partial charge is 0.328 e. The molecule has 0 bridgehead atoms. The molecule has 0 saturated heterocycles. The second-order valence-corrected chi connectivity index (χ2v) is 6.27. The first-order valence-electron chi connectivity index (χ1n) is 8.51. The van der Waals surface area contributed by atoms with Crippen LogP contribution in [-0.2, 0) is 16.6 Å². The molecule has 1 aromatic carbocycles. The van der Waals surface area contributed by atoms with Crippen molar-refractivity contribution in [2.45, 2.75) is 13.0 Å². The lowest BCUT2D eigenvalue weighted by molar-refractivity contribution is -0.142. The minimum Gasteiger partial charge on any atom is -0.506 e. The number of aryl methyl sites for hydroxylation is 1. The number of amides is 1. The van der Waals surface area contributed by atoms with E-state index in [-0.39, 0.29) is 11.0 Å². The number of pyridine rings is 2. The Morgan fingerprint density at radius 2 is 1.89 bits per heavy atom. The van der Waals surface area contributed by atoms with Gasteiger partial charge in [-0.15, -0.1) is 0 Å². The van der Waals surface area contributed by atoms with Gasteiger partial charge < -0.3 is 15.2 Å². The van der Waals surface area contributed by atoms with Crippen LogP contribution in [0.4, 0.5) is 0 Å². The van der Waals surface area contributed by atoms with Crippen LogP contribution in [0.5, 0.6) is 5.75 Å². The molecule has 1 amide bonds. The standard InChI is InChI=1S/C20H19N3O5/c1-11(20(27)28-3)22-18(25)15-16(24)14-9-13(12-7-5-4-6-8-12)10-21-17(14)23(2)19(15)26/h4-11,24H,1-3H3,(H,22,25). The number of aromatic hydroxyl groups is 1. The number of hydrogen-bond acceptors (Lipinski definition) is 6. The van der Waals surface area contributed by atoms with E-state index < -0.39 is 34.8 Å². The molecule has 28 heavy (non-hydrogen) atoms. The molecule has 3 aromatic rings. The highest BCUT2D eigenvalue weighted by Crippen LogP contribution is 2.29. The fourth-order valence-electron chi connectivity index (χ4n) is 2.90. The van der Waals surface area contributed by atoms with Crippen molar-refractivity contribution in [3.63, 3.8) is 0 Å². The zero-order valence-electron chi connectivity index (χ0n) is 15.6. The van der Waals surface area contributed by atoms with Gasteiger partial charge in [0.25, 0.3) is 11.5 Å². The molecule has 1 unspecified atom stereocenters. The molecule has 2 heterocycles. The van der Waals surface area contributed by atoms with Gasteiger partial charge in [-0.25, -0.2) is 9.78 Å². The molecule has 0 aliphatic carbocycles. The van der Waals surface area contributed by atoms with Crippen molar-refractivity contribution in [3.05, 3.63) is 58.5 Å². The Bertz CT molecular complexity index is 1120. The molecule has 2 N–H and O–H groups in total. The van der Waals surface area contributed by atoms with E-state index in [0.29, 0.717) is 0 Å². The summed E-state index contributed by atoms with van der Waals surface area (Å²) < 4.78 is 5.74. The van der Waals surface area contributed by atoms with Crippen LogP contribution in [0, 0.1) is 0 Å². The summed E-state index contributed by atoms with van der Waals surface area (Å²) in [5.41, 5.74) is 0.642. The van der Waals surface area contributed by atoms with Gasteiger partial charge in [-0.3, -0.25) is 14.2 Å². The van der Waals surface area contributed by atoms with Gasteiger partial charge in [0.15, 0.2) is 0 Å². The first-order valence-corrected chi connectivity index (χ1v) is 8.51. The molecule has 2 aromatic heterocycles. The molecular formula is C20H19N3O5. The largest absolute Gasteiger partial charge is 0.506 e. The van der Waals surface area contributed by atoms with E-state index in [4.69, 9.17) is 0 Å². The van der Waals surface area contributed by atoms with E-state index in [2.05, 4.69) is 15.0 Å². The predicted octanol–water partition coefficient (Wildman–Crippen LogP) is 1.60. The van der Waals surface area contributed by atoms with Gasteiger partial charge in [0.05, 0.1) is 12.5 Å². The third-order valence-electron chi connectivity index (χ3n) is 4.43. The molecule has 0 spiro atoms. The number of methoxy groups -OCH3 is 1. The van der Waals surface area contributed by atoms with Gasteiger partial charge in [-0.05, 0) is 18.6 Å². The highest BCUT2D eigenvalue weighted by molar-refractivity contribution is 6.03. The molecule has 1 atom stereocenters. The van der Waals surface area contributed by atoms with Crippen LogP contribution in [0.15, 0.2) is 47.4 Å². The van der Waals surface area contributed by atoms with Crippen LogP contribution < -0.4 is 10.9 Å². The lowest BCUT2D eigenvalue weighted by Gasteiger charge is -2.14. The average molecular weight is 381 g/mol. The van der Waals surface area contributed by atoms with Gasteiger partial charge in [0.1, 0.15) is 23.0 Å². The quantitative estimate of drug-likeness (QED) is 0.664. The fraction of sp³-hybridized carbons (Fsp3) is 0.200. The molecule has 0 fully saturated rings. The Kier molecular flexibility index (Phi) is 5.12. The number of aromatic nitrogens is 2. The summed E-state index contributed by atoms with van der Waals surface area (Å²) in [5.74, 6) is -2.03. The number of carbonyl (C=O) groups excluding carboxylic acids is 2. The van der Waals surface area contributed by atoms with Crippen LogP contribution in [0.1, 0.15) is 17.3 Å². The van der Waals surface area contributed by atoms with E-state index in [9.17, 15) is 19.5 Å². The molecule has 0 aliphatic heterocycles. The van der Waals surface area contributed by atoms with E-state index in [1.54, 1.807) is 12.3 Å². The van der Waals surface area contributed by atoms with Crippen LogP contribution in [0.2, 0.25) is 0 Å². The van der Waals surface area contributed by atoms with E-state index in [1.807, 2.05) is 30.3 Å². The summed E-state index contributed by atoms with van der Waals surface area (Å²) in [7, 11) is 2.65. The Labute approximate surface area is 160 Å². The van der Waals surface area contributed by atoms with Crippen LogP contribution in [0.25, 0.3) is 22.2 Å². The van der Waals surface area contributed by atoms with E-state index in [1.165, 1.54) is 25.6 Å². The Balaban J connectivity index is 2.14. The number of carbonyl (C=O) groups is 2. The normalized spacial score (nSPS) is 11.8. The molecule has 0 saturated carbocycles. The third-order valence-corrected chi connectivity index (χ3v) is 4.43. The maximum absolute atomic E-state index is 12.6. The predicted molar refractivity (Wildman–Crippen MR) is 103 cm³/mol. The highest BCUT2D eigenvalue weighted by atomic mass is 16.5. The van der Waals surface area contributed by atoms with Crippen molar-refractivity contribution in [1.29, 1.82) is 0 Å². The first kappa shape index (κ1) is 19.1. The zero-order chi connectivity index (χ0) is 20.4. The Morgan fingerprint density at radius 1 is 1.21 bits per heavy atom. The van der Waals surface area contributed by atoms with Crippen LogP contribution in [-0.4, -0.2) is 39.7 Å². The number of nitrogens with zero attached hydrogens (tertiary/aromatic N) is 2. The topological polar surface area (TPSA) is 111 Å². The average Bonchev–Trinajstić information content (AvgIpc) is 2.71. The van der Waals surface area contributed by atoms with Gasteiger partial charge >= 0.3 is 5.97 Å². The van der Waals surface area contributed by atoms with Crippen molar-refractivity contribution >= 4 is 22.9 Å². The molecule has 8 nitrogen and oxygen atoms in total. The summed E-state index contributed by atoms with van der Waals surface area (Å²) in [6, 6.07) is 10.1. The summed E-state index contributed by atoms with van der Waals surface area (Å²) in [6.07, 6.45) is 1.59. The molecule has 144 valence electrons. The van der Waals surface area contributed by atoms with Crippen molar-refractivity contribution < 1.29 is 19.4 Å². The number of rotatable bonds is 4. The second kappa shape index (κ2) is 7.51.